The van der Waals surface area contributed by atoms with Gasteiger partial charge in [0.2, 0.25) is 5.91 Å². The number of carbonyl (C=O) groups excluding carboxylic acids is 4. The van der Waals surface area contributed by atoms with Gasteiger partial charge >= 0.3 is 6.03 Å². The lowest BCUT2D eigenvalue weighted by Gasteiger charge is -2.22. The molecule has 1 heterocycles. The Kier molecular flexibility index (Phi) is 5.77. The number of halogens is 2. The van der Waals surface area contributed by atoms with Crippen LogP contribution in [0.5, 0.6) is 0 Å². The second-order valence-corrected chi connectivity index (χ2v) is 6.73. The van der Waals surface area contributed by atoms with Crippen LogP contribution in [0, 0.1) is 11.6 Å². The van der Waals surface area contributed by atoms with Crippen LogP contribution in [0.1, 0.15) is 29.3 Å². The average Bonchev–Trinajstić information content (AvgIpc) is 2.92. The van der Waals surface area contributed by atoms with Crippen molar-refractivity contribution in [1.82, 2.24) is 21.1 Å². The lowest BCUT2D eigenvalue weighted by molar-refractivity contribution is -0.138. The summed E-state index contributed by atoms with van der Waals surface area (Å²) >= 11 is 0. The maximum atomic E-state index is 13.6. The molecule has 0 spiro atoms. The molecule has 1 saturated heterocycles. The van der Waals surface area contributed by atoms with E-state index in [1.165, 1.54) is 6.92 Å². The summed E-state index contributed by atoms with van der Waals surface area (Å²) in [5, 5.41) is 5.43. The number of carbonyl (C=O) groups is 4. The fourth-order valence-corrected chi connectivity index (χ4v) is 2.95. The molecule has 0 aliphatic carbocycles. The fourth-order valence-electron chi connectivity index (χ4n) is 2.95. The summed E-state index contributed by atoms with van der Waals surface area (Å²) in [5.74, 6) is -4.05. The number of hydrazine groups is 1. The van der Waals surface area contributed by atoms with E-state index < -0.39 is 40.9 Å². The van der Waals surface area contributed by atoms with E-state index in [2.05, 4.69) is 16.1 Å². The van der Waals surface area contributed by atoms with Crippen LogP contribution in [-0.2, 0) is 15.1 Å². The predicted molar refractivity (Wildman–Crippen MR) is 101 cm³/mol. The smallest absolute Gasteiger partial charge is 0.344 e. The molecule has 156 valence electrons. The highest BCUT2D eigenvalue weighted by Crippen LogP contribution is 2.27. The van der Waals surface area contributed by atoms with Gasteiger partial charge in [0, 0.05) is 19.0 Å². The molecule has 10 heteroatoms. The average molecular weight is 416 g/mol. The Labute approximate surface area is 170 Å². The van der Waals surface area contributed by atoms with E-state index in [0.717, 1.165) is 12.1 Å². The second-order valence-electron chi connectivity index (χ2n) is 6.73. The standard InChI is InChI=1S/C20H18F2N4O4/c1-20(12-5-3-2-4-6-12)18(29)26(19(30)24-20)25-16(27)9-10-23-17(28)14-8-7-13(21)11-15(14)22/h2-8,11H,9-10H2,1H3,(H,23,28)(H,24,30)(H,25,27). The van der Waals surface area contributed by atoms with Gasteiger partial charge in [0.05, 0.1) is 5.56 Å². The first-order valence-electron chi connectivity index (χ1n) is 8.97. The SMILES string of the molecule is CC1(c2ccccc2)NC(=O)N(NC(=O)CCNC(=O)c2ccc(F)cc2F)C1=O. The monoisotopic (exact) mass is 416 g/mol. The van der Waals surface area contributed by atoms with Crippen molar-refractivity contribution < 1.29 is 28.0 Å². The molecule has 2 aromatic carbocycles. The fraction of sp³-hybridized carbons (Fsp3) is 0.200. The minimum absolute atomic E-state index is 0.193. The quantitative estimate of drug-likeness (QED) is 0.622. The minimum Gasteiger partial charge on any atom is -0.351 e. The van der Waals surface area contributed by atoms with Crippen molar-refractivity contribution in [3.8, 4) is 0 Å². The van der Waals surface area contributed by atoms with Gasteiger partial charge in [-0.1, -0.05) is 30.3 Å². The van der Waals surface area contributed by atoms with Gasteiger partial charge in [0.1, 0.15) is 17.2 Å². The Morgan fingerprint density at radius 3 is 2.47 bits per heavy atom. The van der Waals surface area contributed by atoms with Crippen molar-refractivity contribution >= 4 is 23.8 Å². The topological polar surface area (TPSA) is 108 Å². The number of urea groups is 1. The number of rotatable bonds is 6. The zero-order valence-corrected chi connectivity index (χ0v) is 15.9. The summed E-state index contributed by atoms with van der Waals surface area (Å²) in [6, 6.07) is 10.2. The summed E-state index contributed by atoms with van der Waals surface area (Å²) in [6.07, 6.45) is -0.284. The first-order valence-corrected chi connectivity index (χ1v) is 8.97. The molecule has 1 fully saturated rings. The highest BCUT2D eigenvalue weighted by Gasteiger charge is 2.49. The molecule has 0 bridgehead atoms. The van der Waals surface area contributed by atoms with Crippen molar-refractivity contribution in [2.45, 2.75) is 18.9 Å². The zero-order chi connectivity index (χ0) is 21.9. The van der Waals surface area contributed by atoms with E-state index in [1.807, 2.05) is 0 Å². The predicted octanol–water partition coefficient (Wildman–Crippen LogP) is 1.58. The van der Waals surface area contributed by atoms with Crippen molar-refractivity contribution in [3.05, 3.63) is 71.3 Å². The molecule has 0 radical (unpaired) electrons. The lowest BCUT2D eigenvalue weighted by Crippen LogP contribution is -2.48. The Balaban J connectivity index is 1.55. The largest absolute Gasteiger partial charge is 0.351 e. The van der Waals surface area contributed by atoms with E-state index >= 15 is 0 Å². The van der Waals surface area contributed by atoms with E-state index in [4.69, 9.17) is 0 Å². The second kappa shape index (κ2) is 8.27. The molecule has 1 aliphatic heterocycles. The van der Waals surface area contributed by atoms with E-state index in [1.54, 1.807) is 30.3 Å². The van der Waals surface area contributed by atoms with Crippen molar-refractivity contribution in [3.63, 3.8) is 0 Å². The molecule has 1 aliphatic rings. The van der Waals surface area contributed by atoms with Crippen molar-refractivity contribution in [2.24, 2.45) is 0 Å². The van der Waals surface area contributed by atoms with Gasteiger partial charge in [-0.15, -0.1) is 0 Å². The van der Waals surface area contributed by atoms with Gasteiger partial charge < -0.3 is 10.6 Å². The molecule has 1 atom stereocenters. The third kappa shape index (κ3) is 4.12. The molecule has 5 amide bonds. The molecular weight excluding hydrogens is 398 g/mol. The normalized spacial score (nSPS) is 18.2. The molecule has 1 unspecified atom stereocenters. The van der Waals surface area contributed by atoms with Crippen LogP contribution in [0.3, 0.4) is 0 Å². The van der Waals surface area contributed by atoms with E-state index in [-0.39, 0.29) is 18.5 Å². The third-order valence-electron chi connectivity index (χ3n) is 4.59. The van der Waals surface area contributed by atoms with Crippen molar-refractivity contribution in [1.29, 1.82) is 0 Å². The summed E-state index contributed by atoms with van der Waals surface area (Å²) in [7, 11) is 0. The maximum Gasteiger partial charge on any atom is 0.344 e. The summed E-state index contributed by atoms with van der Waals surface area (Å²) in [6.45, 7) is 1.33. The molecule has 30 heavy (non-hydrogen) atoms. The molecule has 0 saturated carbocycles. The Morgan fingerprint density at radius 1 is 1.10 bits per heavy atom. The summed E-state index contributed by atoms with van der Waals surface area (Å²) in [4.78, 5) is 48.9. The minimum atomic E-state index is -1.33. The number of hydrogen-bond donors (Lipinski definition) is 3. The number of benzene rings is 2. The lowest BCUT2D eigenvalue weighted by atomic mass is 9.92. The first kappa shape index (κ1) is 20.9. The van der Waals surface area contributed by atoms with Crippen LogP contribution in [0.15, 0.2) is 48.5 Å². The number of nitrogens with one attached hydrogen (secondary N) is 3. The highest BCUT2D eigenvalue weighted by atomic mass is 19.1. The molecule has 8 nitrogen and oxygen atoms in total. The van der Waals surface area contributed by atoms with Crippen LogP contribution in [-0.4, -0.2) is 35.3 Å². The highest BCUT2D eigenvalue weighted by molar-refractivity contribution is 6.08. The van der Waals surface area contributed by atoms with E-state index in [9.17, 15) is 28.0 Å². The number of amides is 5. The van der Waals surface area contributed by atoms with Crippen LogP contribution < -0.4 is 16.1 Å². The van der Waals surface area contributed by atoms with Gasteiger partial charge in [-0.05, 0) is 24.6 Å². The Bertz CT molecular complexity index is 1020. The van der Waals surface area contributed by atoms with Gasteiger partial charge in [0.25, 0.3) is 11.8 Å². The summed E-state index contributed by atoms with van der Waals surface area (Å²) in [5.41, 5.74) is 1.04. The van der Waals surface area contributed by atoms with Crippen LogP contribution >= 0.6 is 0 Å². The Hall–Kier alpha value is -3.82. The molecule has 0 aromatic heterocycles. The summed E-state index contributed by atoms with van der Waals surface area (Å²) < 4.78 is 26.5. The van der Waals surface area contributed by atoms with Crippen LogP contribution in [0.2, 0.25) is 0 Å². The molecule has 3 N–H and O–H groups in total. The molecule has 2 aromatic rings. The zero-order valence-electron chi connectivity index (χ0n) is 15.9. The molecule has 3 rings (SSSR count). The Morgan fingerprint density at radius 2 is 1.80 bits per heavy atom. The van der Waals surface area contributed by atoms with Gasteiger partial charge in [-0.25, -0.2) is 13.6 Å². The van der Waals surface area contributed by atoms with E-state index in [0.29, 0.717) is 16.6 Å². The van der Waals surface area contributed by atoms with Crippen molar-refractivity contribution in [2.75, 3.05) is 6.54 Å². The van der Waals surface area contributed by atoms with Gasteiger partial charge in [0.15, 0.2) is 0 Å². The maximum absolute atomic E-state index is 13.6. The van der Waals surface area contributed by atoms with Gasteiger partial charge in [-0.3, -0.25) is 19.8 Å². The number of hydrogen-bond acceptors (Lipinski definition) is 4. The van der Waals surface area contributed by atoms with Crippen LogP contribution in [0.25, 0.3) is 0 Å². The van der Waals surface area contributed by atoms with Crippen LogP contribution in [0.4, 0.5) is 13.6 Å². The number of imide groups is 1. The van der Waals surface area contributed by atoms with Gasteiger partial charge in [-0.2, -0.15) is 5.01 Å². The first-order chi connectivity index (χ1) is 14.2. The molecular formula is C20H18F2N4O4. The number of nitrogens with zero attached hydrogens (tertiary/aromatic N) is 1. The third-order valence-corrected chi connectivity index (χ3v) is 4.59.